The number of ether oxygens (including phenoxy) is 2. The van der Waals surface area contributed by atoms with Crippen molar-refractivity contribution >= 4 is 12.2 Å². The fourth-order valence-electron chi connectivity index (χ4n) is 3.60. The molecule has 4 aliphatic rings. The van der Waals surface area contributed by atoms with E-state index in [1.807, 2.05) is 0 Å². The molecular formula is C12H18N2O4. The molecule has 4 rings (SSSR count). The van der Waals surface area contributed by atoms with E-state index < -0.39 is 5.60 Å². The molecule has 1 unspecified atom stereocenters. The quantitative estimate of drug-likeness (QED) is 0.651. The van der Waals surface area contributed by atoms with Gasteiger partial charge in [0.05, 0.1) is 13.2 Å². The van der Waals surface area contributed by atoms with E-state index in [4.69, 9.17) is 9.47 Å². The summed E-state index contributed by atoms with van der Waals surface area (Å²) in [6, 6.07) is 0.162. The Labute approximate surface area is 106 Å². The first-order valence-corrected chi connectivity index (χ1v) is 6.38. The number of hydrogen-bond acceptors (Lipinski definition) is 4. The van der Waals surface area contributed by atoms with Gasteiger partial charge in [0.2, 0.25) is 0 Å². The highest BCUT2D eigenvalue weighted by atomic mass is 16.6. The first-order valence-electron chi connectivity index (χ1n) is 6.38. The number of likely N-dealkylation sites (N-methyl/N-ethyl adjacent to an activating group) is 1. The molecule has 2 bridgehead atoms. The monoisotopic (exact) mass is 254 g/mol. The van der Waals surface area contributed by atoms with Crippen molar-refractivity contribution in [3.8, 4) is 0 Å². The number of carbonyl (C=O) groups is 2. The fourth-order valence-corrected chi connectivity index (χ4v) is 3.60. The Morgan fingerprint density at radius 2 is 2.11 bits per heavy atom. The molecule has 18 heavy (non-hydrogen) atoms. The smallest absolute Gasteiger partial charge is 0.410 e. The zero-order chi connectivity index (χ0) is 12.9. The predicted octanol–water partition coefficient (Wildman–Crippen LogP) is 1.20. The number of nitrogens with zero attached hydrogens (tertiary/aromatic N) is 2. The van der Waals surface area contributed by atoms with E-state index in [9.17, 15) is 9.59 Å². The number of hydrogen-bond donors (Lipinski definition) is 0. The van der Waals surface area contributed by atoms with Crippen LogP contribution in [0.2, 0.25) is 0 Å². The van der Waals surface area contributed by atoms with Crippen LogP contribution in [0.4, 0.5) is 9.59 Å². The topological polar surface area (TPSA) is 59.1 Å². The molecule has 1 atom stereocenters. The molecule has 0 radical (unpaired) electrons. The Morgan fingerprint density at radius 1 is 1.44 bits per heavy atom. The molecule has 0 aromatic rings. The third-order valence-corrected chi connectivity index (χ3v) is 4.57. The van der Waals surface area contributed by atoms with Gasteiger partial charge >= 0.3 is 12.2 Å². The van der Waals surface area contributed by atoms with E-state index >= 15 is 0 Å². The molecule has 3 aliphatic heterocycles. The number of carbonyl (C=O) groups excluding carboxylic acids is 2. The van der Waals surface area contributed by atoms with Crippen LogP contribution in [0.5, 0.6) is 0 Å². The summed E-state index contributed by atoms with van der Waals surface area (Å²) in [6.07, 6.45) is 2.91. The van der Waals surface area contributed by atoms with Crippen molar-refractivity contribution in [2.24, 2.45) is 0 Å². The van der Waals surface area contributed by atoms with E-state index in [2.05, 4.69) is 0 Å². The van der Waals surface area contributed by atoms with Crippen LogP contribution in [-0.4, -0.2) is 60.4 Å². The summed E-state index contributed by atoms with van der Waals surface area (Å²) in [7, 11) is 3.10. The molecule has 100 valence electrons. The fraction of sp³-hybridized carbons (Fsp3) is 0.833. The largest absolute Gasteiger partial charge is 0.453 e. The predicted molar refractivity (Wildman–Crippen MR) is 62.1 cm³/mol. The minimum absolute atomic E-state index is 0.0693. The molecule has 0 aromatic heterocycles. The highest BCUT2D eigenvalue weighted by Crippen LogP contribution is 2.47. The summed E-state index contributed by atoms with van der Waals surface area (Å²) < 4.78 is 10.5. The molecule has 3 heterocycles. The maximum absolute atomic E-state index is 11.9. The SMILES string of the molecule is COC(=O)N1C2CCC3(CC2)OC(=O)N(C)CC13. The lowest BCUT2D eigenvalue weighted by Crippen LogP contribution is -2.73. The van der Waals surface area contributed by atoms with Crippen LogP contribution in [0, 0.1) is 0 Å². The third-order valence-electron chi connectivity index (χ3n) is 4.57. The number of rotatable bonds is 0. The summed E-state index contributed by atoms with van der Waals surface area (Å²) in [6.45, 7) is 0.532. The van der Waals surface area contributed by atoms with E-state index in [0.29, 0.717) is 6.54 Å². The number of methoxy groups -OCH3 is 1. The lowest BCUT2D eigenvalue weighted by Gasteiger charge is -2.59. The van der Waals surface area contributed by atoms with Gasteiger partial charge in [0.15, 0.2) is 0 Å². The summed E-state index contributed by atoms with van der Waals surface area (Å²) in [5.74, 6) is 0. The molecule has 1 saturated carbocycles. The van der Waals surface area contributed by atoms with E-state index in [1.165, 1.54) is 12.0 Å². The average Bonchev–Trinajstić information content (AvgIpc) is 2.38. The second-order valence-corrected chi connectivity index (χ2v) is 5.44. The number of amides is 2. The summed E-state index contributed by atoms with van der Waals surface area (Å²) in [5, 5.41) is 0. The molecule has 0 N–H and O–H groups in total. The van der Waals surface area contributed by atoms with Gasteiger partial charge < -0.3 is 14.4 Å². The van der Waals surface area contributed by atoms with Gasteiger partial charge in [0.1, 0.15) is 5.60 Å². The Hall–Kier alpha value is -1.46. The molecule has 1 aliphatic carbocycles. The molecule has 0 aromatic carbocycles. The van der Waals surface area contributed by atoms with Crippen LogP contribution >= 0.6 is 0 Å². The second-order valence-electron chi connectivity index (χ2n) is 5.44. The van der Waals surface area contributed by atoms with Gasteiger partial charge in [-0.15, -0.1) is 0 Å². The maximum atomic E-state index is 11.9. The maximum Gasteiger partial charge on any atom is 0.410 e. The highest BCUT2D eigenvalue weighted by molar-refractivity contribution is 5.72. The lowest BCUT2D eigenvalue weighted by molar-refractivity contribution is -0.164. The van der Waals surface area contributed by atoms with Crippen molar-refractivity contribution < 1.29 is 19.1 Å². The lowest BCUT2D eigenvalue weighted by atomic mass is 9.70. The van der Waals surface area contributed by atoms with Crippen molar-refractivity contribution in [2.75, 3.05) is 20.7 Å². The second kappa shape index (κ2) is 3.76. The summed E-state index contributed by atoms with van der Waals surface area (Å²) in [5.41, 5.74) is -0.480. The van der Waals surface area contributed by atoms with Crippen molar-refractivity contribution in [3.63, 3.8) is 0 Å². The van der Waals surface area contributed by atoms with Crippen molar-refractivity contribution in [1.29, 1.82) is 0 Å². The summed E-state index contributed by atoms with van der Waals surface area (Å²) >= 11 is 0. The molecule has 2 amide bonds. The molecule has 6 nitrogen and oxygen atoms in total. The minimum atomic E-state index is -0.480. The third kappa shape index (κ3) is 1.41. The number of fused-ring (bicyclic) bond motifs is 2. The zero-order valence-corrected chi connectivity index (χ0v) is 10.7. The summed E-state index contributed by atoms with van der Waals surface area (Å²) in [4.78, 5) is 27.0. The molecule has 3 saturated heterocycles. The highest BCUT2D eigenvalue weighted by Gasteiger charge is 2.59. The standard InChI is InChI=1S/C12H18N2O4/c1-13-7-9-12(18-10(13)15)5-3-8(4-6-12)14(9)11(16)17-2/h8-9H,3-7H2,1-2H3. The van der Waals surface area contributed by atoms with Crippen LogP contribution in [0.25, 0.3) is 0 Å². The van der Waals surface area contributed by atoms with Gasteiger partial charge in [-0.3, -0.25) is 4.90 Å². The van der Waals surface area contributed by atoms with Gasteiger partial charge in [-0.1, -0.05) is 0 Å². The van der Waals surface area contributed by atoms with Gasteiger partial charge in [-0.25, -0.2) is 9.59 Å². The molecule has 4 fully saturated rings. The van der Waals surface area contributed by atoms with Crippen molar-refractivity contribution in [2.45, 2.75) is 43.4 Å². The van der Waals surface area contributed by atoms with E-state index in [-0.39, 0.29) is 24.3 Å². The minimum Gasteiger partial charge on any atom is -0.453 e. The number of piperidine rings is 2. The average molecular weight is 254 g/mol. The van der Waals surface area contributed by atoms with Gasteiger partial charge in [-0.2, -0.15) is 0 Å². The van der Waals surface area contributed by atoms with Gasteiger partial charge in [-0.05, 0) is 25.7 Å². The van der Waals surface area contributed by atoms with Crippen LogP contribution in [-0.2, 0) is 9.47 Å². The van der Waals surface area contributed by atoms with E-state index in [1.54, 1.807) is 11.9 Å². The Balaban J connectivity index is 1.94. The first kappa shape index (κ1) is 11.6. The van der Waals surface area contributed by atoms with Crippen molar-refractivity contribution in [3.05, 3.63) is 0 Å². The molecule has 6 heteroatoms. The Morgan fingerprint density at radius 3 is 2.72 bits per heavy atom. The molecule has 1 spiro atoms. The molecular weight excluding hydrogens is 236 g/mol. The van der Waals surface area contributed by atoms with Crippen molar-refractivity contribution in [1.82, 2.24) is 9.80 Å². The first-order chi connectivity index (χ1) is 8.57. The normalized spacial score (nSPS) is 38.2. The van der Waals surface area contributed by atoms with Gasteiger partial charge in [0, 0.05) is 19.6 Å². The van der Waals surface area contributed by atoms with Gasteiger partial charge in [0.25, 0.3) is 0 Å². The van der Waals surface area contributed by atoms with Crippen LogP contribution in [0.15, 0.2) is 0 Å². The Kier molecular flexibility index (Phi) is 2.43. The van der Waals surface area contributed by atoms with Crippen LogP contribution < -0.4 is 0 Å². The Bertz CT molecular complexity index is 390. The van der Waals surface area contributed by atoms with Crippen LogP contribution in [0.3, 0.4) is 0 Å². The zero-order valence-electron chi connectivity index (χ0n) is 10.7. The van der Waals surface area contributed by atoms with Crippen LogP contribution in [0.1, 0.15) is 25.7 Å². The van der Waals surface area contributed by atoms with E-state index in [0.717, 1.165) is 25.7 Å².